The zero-order valence-electron chi connectivity index (χ0n) is 20.8. The van der Waals surface area contributed by atoms with Gasteiger partial charge in [-0.15, -0.1) is 0 Å². The minimum Gasteiger partial charge on any atom is -0.362 e. The molecule has 5 rings (SSSR count). The van der Waals surface area contributed by atoms with Crippen LogP contribution in [0.2, 0.25) is 5.02 Å². The number of aryl methyl sites for hydroxylation is 2. The minimum atomic E-state index is -4.47. The largest absolute Gasteiger partial charge is 0.416 e. The summed E-state index contributed by atoms with van der Waals surface area (Å²) in [5.41, 5.74) is 1.63. The molecule has 9 heteroatoms. The first kappa shape index (κ1) is 25.8. The molecule has 0 fully saturated rings. The second kappa shape index (κ2) is 9.45. The van der Waals surface area contributed by atoms with E-state index in [9.17, 15) is 18.0 Å². The maximum atomic E-state index is 13.4. The Morgan fingerprint density at radius 2 is 1.58 bits per heavy atom. The summed E-state index contributed by atoms with van der Waals surface area (Å²) in [7, 11) is 4.99. The summed E-state index contributed by atoms with van der Waals surface area (Å²) < 4.78 is 49.6. The van der Waals surface area contributed by atoms with Crippen molar-refractivity contribution >= 4 is 22.5 Å². The predicted molar refractivity (Wildman–Crippen MR) is 141 cm³/mol. The molecule has 38 heavy (non-hydrogen) atoms. The summed E-state index contributed by atoms with van der Waals surface area (Å²) in [5.74, 6) is 0. The van der Waals surface area contributed by atoms with Crippen LogP contribution in [0.25, 0.3) is 22.0 Å². The number of alkyl halides is 3. The van der Waals surface area contributed by atoms with Crippen molar-refractivity contribution in [3.63, 3.8) is 0 Å². The number of pyridine rings is 1. The van der Waals surface area contributed by atoms with E-state index in [1.54, 1.807) is 54.0 Å². The number of hydrogen-bond acceptors (Lipinski definition) is 3. The highest BCUT2D eigenvalue weighted by Crippen LogP contribution is 2.42. The molecule has 0 saturated heterocycles. The third kappa shape index (κ3) is 4.19. The topological polar surface area (TPSA) is 49.1 Å². The normalized spacial score (nSPS) is 13.6. The van der Waals surface area contributed by atoms with Crippen LogP contribution in [0.1, 0.15) is 22.4 Å². The predicted octanol–water partition coefficient (Wildman–Crippen LogP) is 6.55. The first-order valence-electron chi connectivity index (χ1n) is 11.7. The van der Waals surface area contributed by atoms with Crippen molar-refractivity contribution in [3.8, 4) is 11.1 Å². The fourth-order valence-electron chi connectivity index (χ4n) is 4.97. The molecule has 1 atom stereocenters. The van der Waals surface area contributed by atoms with E-state index >= 15 is 0 Å². The zero-order chi connectivity index (χ0) is 27.2. The standard InChI is InChI=1S/C29H23ClF3N3O2/c1-35-17-34-16-26(35)28(38-3,19-7-9-20(10-8-19)29(31,32)33)21-11-12-25-24(14-21)23(15-27(37)36(25)2)18-5-4-6-22(30)13-18/h4-17H,1-3H3. The average molecular weight is 538 g/mol. The van der Waals surface area contributed by atoms with Crippen LogP contribution in [0.5, 0.6) is 0 Å². The summed E-state index contributed by atoms with van der Waals surface area (Å²) in [5, 5.41) is 1.28. The van der Waals surface area contributed by atoms with Crippen molar-refractivity contribution in [2.75, 3.05) is 7.11 Å². The van der Waals surface area contributed by atoms with Crippen LogP contribution in [-0.4, -0.2) is 21.2 Å². The van der Waals surface area contributed by atoms with Gasteiger partial charge in [0.25, 0.3) is 5.56 Å². The number of rotatable bonds is 5. The van der Waals surface area contributed by atoms with Crippen LogP contribution in [0.3, 0.4) is 0 Å². The molecule has 0 N–H and O–H groups in total. The van der Waals surface area contributed by atoms with Crippen molar-refractivity contribution in [2.24, 2.45) is 14.1 Å². The van der Waals surface area contributed by atoms with Crippen molar-refractivity contribution in [1.29, 1.82) is 0 Å². The van der Waals surface area contributed by atoms with Crippen LogP contribution in [0, 0.1) is 0 Å². The molecule has 0 aliphatic rings. The molecule has 0 bridgehead atoms. The highest BCUT2D eigenvalue weighted by molar-refractivity contribution is 6.30. The fourth-order valence-corrected chi connectivity index (χ4v) is 5.16. The first-order valence-corrected chi connectivity index (χ1v) is 12.0. The van der Waals surface area contributed by atoms with E-state index in [4.69, 9.17) is 16.3 Å². The number of hydrogen-bond donors (Lipinski definition) is 0. The smallest absolute Gasteiger partial charge is 0.362 e. The lowest BCUT2D eigenvalue weighted by atomic mass is 9.81. The van der Waals surface area contributed by atoms with Crippen LogP contribution in [-0.2, 0) is 30.6 Å². The lowest BCUT2D eigenvalue weighted by Gasteiger charge is -2.34. The van der Waals surface area contributed by atoms with Gasteiger partial charge in [0.15, 0.2) is 5.60 Å². The van der Waals surface area contributed by atoms with Gasteiger partial charge >= 0.3 is 6.18 Å². The molecule has 0 saturated carbocycles. The molecule has 2 heterocycles. The third-order valence-electron chi connectivity index (χ3n) is 6.89. The van der Waals surface area contributed by atoms with E-state index in [2.05, 4.69) is 4.98 Å². The van der Waals surface area contributed by atoms with E-state index in [0.717, 1.165) is 23.1 Å². The first-order chi connectivity index (χ1) is 18.1. The number of ether oxygens (including phenoxy) is 1. The van der Waals surface area contributed by atoms with Gasteiger partial charge in [0, 0.05) is 37.7 Å². The highest BCUT2D eigenvalue weighted by atomic mass is 35.5. The van der Waals surface area contributed by atoms with Crippen molar-refractivity contribution in [3.05, 3.63) is 123 Å². The van der Waals surface area contributed by atoms with Gasteiger partial charge in [-0.1, -0.05) is 41.9 Å². The molecule has 194 valence electrons. The maximum Gasteiger partial charge on any atom is 0.416 e. The average Bonchev–Trinajstić information content (AvgIpc) is 3.33. The van der Waals surface area contributed by atoms with Gasteiger partial charge in [-0.2, -0.15) is 13.2 Å². The molecular formula is C29H23ClF3N3O2. The molecule has 3 aromatic carbocycles. The summed E-state index contributed by atoms with van der Waals surface area (Å²) in [6.07, 6.45) is -1.24. The van der Waals surface area contributed by atoms with Crippen molar-refractivity contribution < 1.29 is 17.9 Å². The lowest BCUT2D eigenvalue weighted by molar-refractivity contribution is -0.137. The van der Waals surface area contributed by atoms with Crippen molar-refractivity contribution in [2.45, 2.75) is 11.8 Å². The number of imidazole rings is 1. The SMILES string of the molecule is COC(c1ccc(C(F)(F)F)cc1)(c1ccc2c(c1)c(-c1cccc(Cl)c1)cc(=O)n2C)c1cncn1C. The van der Waals surface area contributed by atoms with E-state index in [-0.39, 0.29) is 5.56 Å². The van der Waals surface area contributed by atoms with Crippen LogP contribution in [0.4, 0.5) is 13.2 Å². The number of methoxy groups -OCH3 is 1. The quantitative estimate of drug-likeness (QED) is 0.255. The van der Waals surface area contributed by atoms with Gasteiger partial charge in [0.1, 0.15) is 0 Å². The molecule has 0 aliphatic heterocycles. The second-order valence-electron chi connectivity index (χ2n) is 9.05. The number of benzene rings is 3. The number of aromatic nitrogens is 3. The Balaban J connectivity index is 1.83. The van der Waals surface area contributed by atoms with Gasteiger partial charge in [0.2, 0.25) is 0 Å². The van der Waals surface area contributed by atoms with Gasteiger partial charge in [0.05, 0.1) is 29.3 Å². The summed E-state index contributed by atoms with van der Waals surface area (Å²) >= 11 is 6.26. The van der Waals surface area contributed by atoms with E-state index in [0.29, 0.717) is 32.9 Å². The molecular weight excluding hydrogens is 515 g/mol. The summed E-state index contributed by atoms with van der Waals surface area (Å²) in [6, 6.07) is 19.2. The van der Waals surface area contributed by atoms with E-state index < -0.39 is 17.3 Å². The van der Waals surface area contributed by atoms with Crippen LogP contribution < -0.4 is 5.56 Å². The number of halogens is 4. The van der Waals surface area contributed by atoms with Gasteiger partial charge < -0.3 is 13.9 Å². The van der Waals surface area contributed by atoms with Crippen LogP contribution in [0.15, 0.2) is 90.1 Å². The molecule has 0 amide bonds. The molecule has 5 nitrogen and oxygen atoms in total. The van der Waals surface area contributed by atoms with Crippen LogP contribution >= 0.6 is 11.6 Å². The third-order valence-corrected chi connectivity index (χ3v) is 7.13. The van der Waals surface area contributed by atoms with E-state index in [1.165, 1.54) is 19.2 Å². The number of fused-ring (bicyclic) bond motifs is 1. The van der Waals surface area contributed by atoms with Gasteiger partial charge in [-0.3, -0.25) is 4.79 Å². The Morgan fingerprint density at radius 3 is 2.18 bits per heavy atom. The van der Waals surface area contributed by atoms with E-state index in [1.807, 2.05) is 30.3 Å². The molecule has 0 aliphatic carbocycles. The Hall–Kier alpha value is -3.88. The summed E-state index contributed by atoms with van der Waals surface area (Å²) in [4.78, 5) is 17.1. The molecule has 0 spiro atoms. The Morgan fingerprint density at radius 1 is 0.895 bits per heavy atom. The molecule has 2 aromatic heterocycles. The number of nitrogens with zero attached hydrogens (tertiary/aromatic N) is 3. The molecule has 1 unspecified atom stereocenters. The highest BCUT2D eigenvalue weighted by Gasteiger charge is 2.40. The fraction of sp³-hybridized carbons (Fsp3) is 0.172. The second-order valence-corrected chi connectivity index (χ2v) is 9.48. The monoisotopic (exact) mass is 537 g/mol. The van der Waals surface area contributed by atoms with Gasteiger partial charge in [-0.25, -0.2) is 4.98 Å². The Kier molecular flexibility index (Phi) is 6.41. The minimum absolute atomic E-state index is 0.187. The summed E-state index contributed by atoms with van der Waals surface area (Å²) in [6.45, 7) is 0. The molecule has 0 radical (unpaired) electrons. The maximum absolute atomic E-state index is 13.4. The van der Waals surface area contributed by atoms with Gasteiger partial charge in [-0.05, 0) is 58.7 Å². The zero-order valence-corrected chi connectivity index (χ0v) is 21.5. The Labute approximate surface area is 221 Å². The lowest BCUT2D eigenvalue weighted by Crippen LogP contribution is -2.34. The molecule has 5 aromatic rings. The Bertz CT molecular complexity index is 1710. The van der Waals surface area contributed by atoms with Crippen molar-refractivity contribution in [1.82, 2.24) is 14.1 Å².